The maximum absolute atomic E-state index is 13.6. The second kappa shape index (κ2) is 11.2. The van der Waals surface area contributed by atoms with Crippen LogP contribution in [0.15, 0.2) is 40.8 Å². The molecule has 198 valence electrons. The first-order valence-corrected chi connectivity index (χ1v) is 14.6. The van der Waals surface area contributed by atoms with Crippen LogP contribution >= 0.6 is 12.8 Å². The lowest BCUT2D eigenvalue weighted by Crippen LogP contribution is -2.40. The molecular formula is C28H34FN3O3S2. The molecular weight excluding hydrogens is 509 g/mol. The molecule has 2 atom stereocenters. The summed E-state index contributed by atoms with van der Waals surface area (Å²) in [5.41, 5.74) is 3.58. The van der Waals surface area contributed by atoms with Gasteiger partial charge in [-0.25, -0.2) is 12.9 Å². The van der Waals surface area contributed by atoms with Gasteiger partial charge in [0.25, 0.3) is 5.91 Å². The van der Waals surface area contributed by atoms with E-state index in [9.17, 15) is 13.4 Å². The average molecular weight is 544 g/mol. The molecule has 37 heavy (non-hydrogen) atoms. The number of rotatable bonds is 6. The minimum absolute atomic E-state index is 0.150. The van der Waals surface area contributed by atoms with Gasteiger partial charge in [0.05, 0.1) is 22.2 Å². The third-order valence-corrected chi connectivity index (χ3v) is 9.76. The number of fused-ring (bicyclic) bond motifs is 1. The fourth-order valence-corrected chi connectivity index (χ4v) is 7.72. The molecule has 5 rings (SSSR count). The molecule has 0 radical (unpaired) electrons. The molecule has 2 heterocycles. The number of hydrogen-bond donors (Lipinski definition) is 2. The summed E-state index contributed by atoms with van der Waals surface area (Å²) in [4.78, 5) is 13.1. The zero-order valence-electron chi connectivity index (χ0n) is 21.3. The van der Waals surface area contributed by atoms with E-state index in [-0.39, 0.29) is 22.9 Å². The van der Waals surface area contributed by atoms with E-state index in [2.05, 4.69) is 22.4 Å². The van der Waals surface area contributed by atoms with Crippen LogP contribution in [0.4, 0.5) is 10.1 Å². The normalized spacial score (nSPS) is 20.2. The van der Waals surface area contributed by atoms with E-state index in [1.54, 1.807) is 23.5 Å². The number of carbonyl (C=O) groups excluding carboxylic acids is 1. The first-order valence-electron chi connectivity index (χ1n) is 13.0. The molecule has 3 aromatic rings. The Morgan fingerprint density at radius 1 is 1.14 bits per heavy atom. The Morgan fingerprint density at radius 3 is 2.54 bits per heavy atom. The Bertz CT molecular complexity index is 1300. The van der Waals surface area contributed by atoms with E-state index in [1.807, 2.05) is 19.2 Å². The Morgan fingerprint density at radius 2 is 1.86 bits per heavy atom. The quantitative estimate of drug-likeness (QED) is 0.371. The standard InChI is InChI=1S/C28H34FN3O3S2/c1-30-28(33)26-23-15-22(19-7-6-14-32(17-19)37(34)21-8-4-3-5-9-21)24(31(2)36)16-25(23)35-27(26)18-10-12-20(29)13-11-18/h10-13,15-16,19,21,36H,3-9,14,17H2,1-2H3,(H,30,33)/t19-,37?/m1/s1. The summed E-state index contributed by atoms with van der Waals surface area (Å²) in [6, 6.07) is 9.91. The van der Waals surface area contributed by atoms with Gasteiger partial charge in [-0.3, -0.25) is 4.79 Å². The SMILES string of the molecule is CNC(=O)c1c(-c2ccc(F)cc2)oc2cc(N(C)S)c([C@@H]3CCCN(S(=O)C4CCCCC4)C3)cc12. The van der Waals surface area contributed by atoms with Crippen LogP contribution in [0.3, 0.4) is 0 Å². The number of benzene rings is 2. The van der Waals surface area contributed by atoms with Crippen LogP contribution in [0.5, 0.6) is 0 Å². The Balaban J connectivity index is 1.56. The predicted molar refractivity (Wildman–Crippen MR) is 151 cm³/mol. The predicted octanol–water partition coefficient (Wildman–Crippen LogP) is 6.06. The number of amides is 1. The molecule has 1 aromatic heterocycles. The molecule has 0 bridgehead atoms. The van der Waals surface area contributed by atoms with Gasteiger partial charge in [-0.1, -0.05) is 32.1 Å². The first kappa shape index (κ1) is 26.3. The average Bonchev–Trinajstić information content (AvgIpc) is 3.31. The molecule has 9 heteroatoms. The van der Waals surface area contributed by atoms with Gasteiger partial charge < -0.3 is 14.0 Å². The van der Waals surface area contributed by atoms with E-state index < -0.39 is 11.0 Å². The summed E-state index contributed by atoms with van der Waals surface area (Å²) in [6.45, 7) is 1.55. The lowest BCUT2D eigenvalue weighted by Gasteiger charge is -2.36. The van der Waals surface area contributed by atoms with Gasteiger partial charge in [0, 0.05) is 49.5 Å². The molecule has 1 N–H and O–H groups in total. The van der Waals surface area contributed by atoms with E-state index in [4.69, 9.17) is 4.42 Å². The molecule has 0 spiro atoms. The van der Waals surface area contributed by atoms with Crippen molar-refractivity contribution in [1.29, 1.82) is 0 Å². The Labute approximate surface area is 225 Å². The molecule has 1 aliphatic carbocycles. The number of anilines is 1. The van der Waals surface area contributed by atoms with Gasteiger partial charge in [-0.05, 0) is 67.5 Å². The van der Waals surface area contributed by atoms with E-state index >= 15 is 0 Å². The zero-order chi connectivity index (χ0) is 26.1. The molecule has 1 amide bonds. The maximum Gasteiger partial charge on any atom is 0.255 e. The van der Waals surface area contributed by atoms with Crippen molar-refractivity contribution >= 4 is 46.4 Å². The van der Waals surface area contributed by atoms with Gasteiger partial charge in [0.15, 0.2) is 0 Å². The second-order valence-corrected chi connectivity index (χ2v) is 12.4. The topological polar surface area (TPSA) is 65.8 Å². The summed E-state index contributed by atoms with van der Waals surface area (Å²) in [7, 11) is 2.48. The van der Waals surface area contributed by atoms with Gasteiger partial charge in [0.2, 0.25) is 0 Å². The van der Waals surface area contributed by atoms with Crippen molar-refractivity contribution in [3.8, 4) is 11.3 Å². The number of halogens is 1. The van der Waals surface area contributed by atoms with Crippen LogP contribution in [0, 0.1) is 5.82 Å². The molecule has 2 aromatic carbocycles. The lowest BCUT2D eigenvalue weighted by molar-refractivity contribution is 0.0964. The highest BCUT2D eigenvalue weighted by molar-refractivity contribution is 7.83. The van der Waals surface area contributed by atoms with Crippen molar-refractivity contribution in [2.75, 3.05) is 31.5 Å². The van der Waals surface area contributed by atoms with Gasteiger partial charge in [-0.2, -0.15) is 0 Å². The molecule has 1 saturated carbocycles. The first-order chi connectivity index (χ1) is 17.9. The third-order valence-electron chi connectivity index (χ3n) is 7.66. The number of thiol groups is 1. The Hall–Kier alpha value is -2.36. The minimum Gasteiger partial charge on any atom is -0.455 e. The molecule has 2 fully saturated rings. The zero-order valence-corrected chi connectivity index (χ0v) is 23.0. The fourth-order valence-electron chi connectivity index (χ4n) is 5.75. The number of hydrogen-bond acceptors (Lipinski definition) is 5. The highest BCUT2D eigenvalue weighted by Gasteiger charge is 2.32. The molecule has 1 saturated heterocycles. The number of nitrogens with zero attached hydrogens (tertiary/aromatic N) is 2. The monoisotopic (exact) mass is 543 g/mol. The van der Waals surface area contributed by atoms with Crippen LogP contribution in [-0.2, 0) is 11.0 Å². The second-order valence-electron chi connectivity index (χ2n) is 10.1. The van der Waals surface area contributed by atoms with Crippen molar-refractivity contribution in [2.45, 2.75) is 56.1 Å². The minimum atomic E-state index is -0.980. The third kappa shape index (κ3) is 5.31. The lowest BCUT2D eigenvalue weighted by atomic mass is 9.89. The van der Waals surface area contributed by atoms with Crippen molar-refractivity contribution < 1.29 is 17.8 Å². The van der Waals surface area contributed by atoms with Crippen LogP contribution in [0.2, 0.25) is 0 Å². The maximum atomic E-state index is 13.6. The van der Waals surface area contributed by atoms with Gasteiger partial charge in [0.1, 0.15) is 17.2 Å². The van der Waals surface area contributed by atoms with Crippen molar-refractivity contribution in [3.63, 3.8) is 0 Å². The van der Waals surface area contributed by atoms with E-state index in [0.717, 1.165) is 56.3 Å². The highest BCUT2D eigenvalue weighted by Crippen LogP contribution is 2.42. The molecule has 2 aliphatic rings. The number of nitrogens with one attached hydrogen (secondary N) is 1. The van der Waals surface area contributed by atoms with E-state index in [0.29, 0.717) is 34.4 Å². The van der Waals surface area contributed by atoms with Crippen molar-refractivity contribution in [2.24, 2.45) is 0 Å². The fraction of sp³-hybridized carbons (Fsp3) is 0.464. The summed E-state index contributed by atoms with van der Waals surface area (Å²) in [5.74, 6) is -0.0605. The van der Waals surface area contributed by atoms with Gasteiger partial charge >= 0.3 is 0 Å². The van der Waals surface area contributed by atoms with Gasteiger partial charge in [-0.15, -0.1) is 0 Å². The van der Waals surface area contributed by atoms with Crippen LogP contribution < -0.4 is 9.62 Å². The van der Waals surface area contributed by atoms with Crippen molar-refractivity contribution in [1.82, 2.24) is 9.62 Å². The molecule has 1 aliphatic heterocycles. The number of furan rings is 1. The number of piperidine rings is 1. The summed E-state index contributed by atoms with van der Waals surface area (Å²) in [6.07, 6.45) is 7.59. The molecule has 6 nitrogen and oxygen atoms in total. The van der Waals surface area contributed by atoms with Crippen LogP contribution in [0.25, 0.3) is 22.3 Å². The smallest absolute Gasteiger partial charge is 0.255 e. The number of carbonyl (C=O) groups is 1. The summed E-state index contributed by atoms with van der Waals surface area (Å²) >= 11 is 4.62. The summed E-state index contributed by atoms with van der Waals surface area (Å²) in [5, 5.41) is 3.69. The molecule has 1 unspecified atom stereocenters. The van der Waals surface area contributed by atoms with Crippen molar-refractivity contribution in [3.05, 3.63) is 53.3 Å². The van der Waals surface area contributed by atoms with Crippen LogP contribution in [-0.4, -0.2) is 46.9 Å². The van der Waals surface area contributed by atoms with E-state index in [1.165, 1.54) is 18.6 Å². The van der Waals surface area contributed by atoms with Crippen LogP contribution in [0.1, 0.15) is 66.8 Å². The largest absolute Gasteiger partial charge is 0.455 e. The summed E-state index contributed by atoms with van der Waals surface area (Å²) < 4.78 is 37.2. The highest BCUT2D eigenvalue weighted by atomic mass is 32.2. The Kier molecular flexibility index (Phi) is 7.93.